The third-order valence-electron chi connectivity index (χ3n) is 3.66. The summed E-state index contributed by atoms with van der Waals surface area (Å²) in [5.74, 6) is 0.895. The Hall–Kier alpha value is -0.0800. The van der Waals surface area contributed by atoms with Gasteiger partial charge in [-0.1, -0.05) is 0 Å². The second-order valence-corrected chi connectivity index (χ2v) is 4.43. The number of ether oxygens (including phenoxy) is 1. The highest BCUT2D eigenvalue weighted by atomic mass is 16.5. The summed E-state index contributed by atoms with van der Waals surface area (Å²) in [7, 11) is 0. The zero-order chi connectivity index (χ0) is 9.10. The van der Waals surface area contributed by atoms with Crippen LogP contribution in [0.15, 0.2) is 0 Å². The van der Waals surface area contributed by atoms with Crippen molar-refractivity contribution in [3.8, 4) is 0 Å². The number of hydrogen-bond donors (Lipinski definition) is 0. The van der Waals surface area contributed by atoms with Crippen LogP contribution >= 0.6 is 0 Å². The van der Waals surface area contributed by atoms with E-state index in [1.807, 2.05) is 0 Å². The van der Waals surface area contributed by atoms with E-state index in [0.717, 1.165) is 25.2 Å². The molecule has 0 aromatic heterocycles. The van der Waals surface area contributed by atoms with Crippen LogP contribution in [0.2, 0.25) is 0 Å². The Balaban J connectivity index is 1.83. The number of likely N-dealkylation sites (tertiary alicyclic amines) is 1. The lowest BCUT2D eigenvalue weighted by atomic mass is 9.92. The fraction of sp³-hybridized carbons (Fsp3) is 1.00. The fourth-order valence-electron chi connectivity index (χ4n) is 2.65. The van der Waals surface area contributed by atoms with Gasteiger partial charge in [0.05, 0.1) is 0 Å². The third kappa shape index (κ3) is 2.23. The summed E-state index contributed by atoms with van der Waals surface area (Å²) in [5.41, 5.74) is 0. The molecule has 2 saturated heterocycles. The number of nitrogens with zero attached hydrogens (tertiary/aromatic N) is 1. The van der Waals surface area contributed by atoms with Crippen molar-refractivity contribution in [1.82, 2.24) is 4.90 Å². The Morgan fingerprint density at radius 2 is 1.77 bits per heavy atom. The molecule has 2 heteroatoms. The predicted molar refractivity (Wildman–Crippen MR) is 53.8 cm³/mol. The Kier molecular flexibility index (Phi) is 3.23. The summed E-state index contributed by atoms with van der Waals surface area (Å²) in [6.07, 6.45) is 5.37. The van der Waals surface area contributed by atoms with Crippen LogP contribution in [0.25, 0.3) is 0 Å². The van der Waals surface area contributed by atoms with Gasteiger partial charge in [-0.2, -0.15) is 0 Å². The highest BCUT2D eigenvalue weighted by molar-refractivity contribution is 4.80. The van der Waals surface area contributed by atoms with Gasteiger partial charge in [0, 0.05) is 19.3 Å². The average Bonchev–Trinajstić information content (AvgIpc) is 2.71. The third-order valence-corrected chi connectivity index (χ3v) is 3.66. The molecule has 1 atom stereocenters. The Labute approximate surface area is 81.3 Å². The Morgan fingerprint density at radius 1 is 1.15 bits per heavy atom. The van der Waals surface area contributed by atoms with E-state index < -0.39 is 0 Å². The highest BCUT2D eigenvalue weighted by Gasteiger charge is 2.26. The van der Waals surface area contributed by atoms with Gasteiger partial charge in [0.25, 0.3) is 0 Å². The summed E-state index contributed by atoms with van der Waals surface area (Å²) in [6.45, 7) is 7.05. The smallest absolute Gasteiger partial charge is 0.0469 e. The van der Waals surface area contributed by atoms with Gasteiger partial charge in [-0.15, -0.1) is 0 Å². The molecule has 2 nitrogen and oxygen atoms in total. The van der Waals surface area contributed by atoms with Crippen molar-refractivity contribution in [3.63, 3.8) is 0 Å². The summed E-state index contributed by atoms with van der Waals surface area (Å²) in [6, 6.07) is 0.798. The van der Waals surface area contributed by atoms with Crippen molar-refractivity contribution < 1.29 is 4.74 Å². The maximum absolute atomic E-state index is 5.39. The first kappa shape index (κ1) is 9.47. The van der Waals surface area contributed by atoms with Crippen molar-refractivity contribution >= 4 is 0 Å². The molecule has 1 unspecified atom stereocenters. The van der Waals surface area contributed by atoms with Crippen LogP contribution < -0.4 is 0 Å². The van der Waals surface area contributed by atoms with E-state index in [0.29, 0.717) is 0 Å². The largest absolute Gasteiger partial charge is 0.381 e. The summed E-state index contributed by atoms with van der Waals surface area (Å²) < 4.78 is 5.39. The molecule has 2 rings (SSSR count). The van der Waals surface area contributed by atoms with Crippen molar-refractivity contribution in [3.05, 3.63) is 0 Å². The molecule has 0 saturated carbocycles. The molecule has 0 radical (unpaired) electrons. The zero-order valence-corrected chi connectivity index (χ0v) is 8.67. The van der Waals surface area contributed by atoms with Gasteiger partial charge in [0.2, 0.25) is 0 Å². The van der Waals surface area contributed by atoms with Gasteiger partial charge < -0.3 is 9.64 Å². The molecule has 0 aromatic rings. The molecule has 2 aliphatic heterocycles. The first-order chi connectivity index (χ1) is 6.38. The van der Waals surface area contributed by atoms with Crippen molar-refractivity contribution in [2.75, 3.05) is 26.3 Å². The van der Waals surface area contributed by atoms with Crippen molar-refractivity contribution in [2.45, 2.75) is 38.6 Å². The molecule has 0 aromatic carbocycles. The van der Waals surface area contributed by atoms with Crippen LogP contribution in [0.5, 0.6) is 0 Å². The summed E-state index contributed by atoms with van der Waals surface area (Å²) in [4.78, 5) is 2.66. The van der Waals surface area contributed by atoms with Crippen LogP contribution in [0.3, 0.4) is 0 Å². The summed E-state index contributed by atoms with van der Waals surface area (Å²) >= 11 is 0. The van der Waals surface area contributed by atoms with Gasteiger partial charge in [-0.3, -0.25) is 0 Å². The molecule has 0 spiro atoms. The standard InChI is InChI=1S/C11H21NO/c1-10(12-6-2-3-7-12)11-4-8-13-9-5-11/h10-11H,2-9H2,1H3. The quantitative estimate of drug-likeness (QED) is 0.648. The Morgan fingerprint density at radius 3 is 2.38 bits per heavy atom. The number of rotatable bonds is 2. The molecule has 0 aliphatic carbocycles. The minimum absolute atomic E-state index is 0.798. The fourth-order valence-corrected chi connectivity index (χ4v) is 2.65. The minimum atomic E-state index is 0.798. The van der Waals surface area contributed by atoms with Crippen LogP contribution in [-0.2, 0) is 4.74 Å². The van der Waals surface area contributed by atoms with Gasteiger partial charge in [-0.05, 0) is 51.6 Å². The van der Waals surface area contributed by atoms with Crippen molar-refractivity contribution in [2.24, 2.45) is 5.92 Å². The lowest BCUT2D eigenvalue weighted by Gasteiger charge is -2.33. The van der Waals surface area contributed by atoms with E-state index >= 15 is 0 Å². The highest BCUT2D eigenvalue weighted by Crippen LogP contribution is 2.24. The van der Waals surface area contributed by atoms with Gasteiger partial charge in [0.1, 0.15) is 0 Å². The van der Waals surface area contributed by atoms with Gasteiger partial charge in [0.15, 0.2) is 0 Å². The molecule has 13 heavy (non-hydrogen) atoms. The zero-order valence-electron chi connectivity index (χ0n) is 8.67. The van der Waals surface area contributed by atoms with Crippen molar-refractivity contribution in [1.29, 1.82) is 0 Å². The van der Waals surface area contributed by atoms with Crippen LogP contribution in [-0.4, -0.2) is 37.2 Å². The molecular weight excluding hydrogens is 162 g/mol. The first-order valence-electron chi connectivity index (χ1n) is 5.70. The maximum atomic E-state index is 5.39. The second kappa shape index (κ2) is 4.43. The van der Waals surface area contributed by atoms with E-state index in [1.165, 1.54) is 38.8 Å². The van der Waals surface area contributed by atoms with E-state index in [4.69, 9.17) is 4.74 Å². The van der Waals surface area contributed by atoms with E-state index in [1.54, 1.807) is 0 Å². The molecule has 2 heterocycles. The van der Waals surface area contributed by atoms with Gasteiger partial charge in [-0.25, -0.2) is 0 Å². The molecule has 2 fully saturated rings. The van der Waals surface area contributed by atoms with Crippen LogP contribution in [0.1, 0.15) is 32.6 Å². The first-order valence-corrected chi connectivity index (χ1v) is 5.70. The topological polar surface area (TPSA) is 12.5 Å². The lowest BCUT2D eigenvalue weighted by molar-refractivity contribution is 0.0356. The SMILES string of the molecule is CC(C1CCOCC1)N1CCCC1. The average molecular weight is 183 g/mol. The molecule has 76 valence electrons. The van der Waals surface area contributed by atoms with Crippen LogP contribution in [0, 0.1) is 5.92 Å². The normalized spacial score (nSPS) is 29.3. The molecule has 0 amide bonds. The molecule has 2 aliphatic rings. The minimum Gasteiger partial charge on any atom is -0.381 e. The number of hydrogen-bond acceptors (Lipinski definition) is 2. The lowest BCUT2D eigenvalue weighted by Crippen LogP contribution is -2.38. The maximum Gasteiger partial charge on any atom is 0.0469 e. The molecular formula is C11H21NO. The van der Waals surface area contributed by atoms with Gasteiger partial charge >= 0.3 is 0 Å². The monoisotopic (exact) mass is 183 g/mol. The second-order valence-electron chi connectivity index (χ2n) is 4.43. The van der Waals surface area contributed by atoms with E-state index in [-0.39, 0.29) is 0 Å². The predicted octanol–water partition coefficient (Wildman–Crippen LogP) is 1.90. The molecule has 0 N–H and O–H groups in total. The van der Waals surface area contributed by atoms with E-state index in [9.17, 15) is 0 Å². The Bertz CT molecular complexity index is 148. The molecule has 0 bridgehead atoms. The summed E-state index contributed by atoms with van der Waals surface area (Å²) in [5, 5.41) is 0. The van der Waals surface area contributed by atoms with E-state index in [2.05, 4.69) is 11.8 Å². The van der Waals surface area contributed by atoms with Crippen LogP contribution in [0.4, 0.5) is 0 Å².